The van der Waals surface area contributed by atoms with Crippen molar-refractivity contribution < 1.29 is 18.9 Å². The molecule has 2 aromatic carbocycles. The Morgan fingerprint density at radius 1 is 1.00 bits per heavy atom. The molecule has 2 saturated heterocycles. The first-order chi connectivity index (χ1) is 15.8. The standard InChI is InChI=1S/C24H19BrN4O4/c1-14-23(13-28)21(29)33-24(14,16-5-7-17(30-2)8-6-16)32-20(22(23,11-26)12-27)15-4-9-19(31-3)18(25)10-15/h4-10,14,20,29H,1-3H3. The zero-order chi connectivity index (χ0) is 24.0. The molecule has 0 saturated carbocycles. The highest BCUT2D eigenvalue weighted by molar-refractivity contribution is 9.10. The number of fused-ring (bicyclic) bond motifs is 2. The maximum atomic E-state index is 10.4. The topological polar surface area (TPSA) is 132 Å². The molecule has 4 unspecified atom stereocenters. The molecule has 4 atom stereocenters. The molecule has 0 spiro atoms. The summed E-state index contributed by atoms with van der Waals surface area (Å²) in [6.07, 6.45) is -1.20. The molecular formula is C24H19BrN4O4. The van der Waals surface area contributed by atoms with E-state index in [1.54, 1.807) is 56.5 Å². The summed E-state index contributed by atoms with van der Waals surface area (Å²) in [6.45, 7) is 1.67. The Labute approximate surface area is 199 Å². The van der Waals surface area contributed by atoms with Crippen molar-refractivity contribution in [2.45, 2.75) is 18.8 Å². The van der Waals surface area contributed by atoms with Crippen LogP contribution in [0.2, 0.25) is 0 Å². The molecule has 166 valence electrons. The van der Waals surface area contributed by atoms with Crippen LogP contribution >= 0.6 is 15.9 Å². The van der Waals surface area contributed by atoms with Crippen molar-refractivity contribution in [3.8, 4) is 29.7 Å². The van der Waals surface area contributed by atoms with Crippen LogP contribution in [0.15, 0.2) is 46.9 Å². The van der Waals surface area contributed by atoms with Gasteiger partial charge in [-0.2, -0.15) is 15.8 Å². The fraction of sp³-hybridized carbons (Fsp3) is 0.333. The molecule has 2 bridgehead atoms. The van der Waals surface area contributed by atoms with Crippen LogP contribution in [0.4, 0.5) is 0 Å². The predicted octanol–water partition coefficient (Wildman–Crippen LogP) is 4.58. The number of nitrogens with one attached hydrogen (secondary N) is 1. The highest BCUT2D eigenvalue weighted by atomic mass is 79.9. The summed E-state index contributed by atoms with van der Waals surface area (Å²) in [5, 5.41) is 39.6. The average molecular weight is 507 g/mol. The van der Waals surface area contributed by atoms with Crippen molar-refractivity contribution in [3.63, 3.8) is 0 Å². The van der Waals surface area contributed by atoms with E-state index in [2.05, 4.69) is 22.0 Å². The van der Waals surface area contributed by atoms with Crippen molar-refractivity contribution >= 4 is 21.8 Å². The first-order valence-electron chi connectivity index (χ1n) is 9.97. The number of nitriles is 3. The zero-order valence-electron chi connectivity index (χ0n) is 18.0. The lowest BCUT2D eigenvalue weighted by molar-refractivity contribution is -0.288. The summed E-state index contributed by atoms with van der Waals surface area (Å²) in [5.74, 6) is -1.71. The van der Waals surface area contributed by atoms with Crippen molar-refractivity contribution in [3.05, 3.63) is 58.1 Å². The van der Waals surface area contributed by atoms with Crippen LogP contribution in [0.25, 0.3) is 0 Å². The van der Waals surface area contributed by atoms with Crippen LogP contribution in [0.5, 0.6) is 11.5 Å². The number of hydrogen-bond acceptors (Lipinski definition) is 8. The van der Waals surface area contributed by atoms with E-state index in [0.29, 0.717) is 27.1 Å². The van der Waals surface area contributed by atoms with Crippen LogP contribution in [0.3, 0.4) is 0 Å². The van der Waals surface area contributed by atoms with Gasteiger partial charge in [-0.1, -0.05) is 13.0 Å². The highest BCUT2D eigenvalue weighted by Crippen LogP contribution is 2.69. The van der Waals surface area contributed by atoms with E-state index in [4.69, 9.17) is 24.4 Å². The van der Waals surface area contributed by atoms with Gasteiger partial charge in [0, 0.05) is 5.56 Å². The second-order valence-electron chi connectivity index (χ2n) is 7.89. The molecule has 0 amide bonds. The molecule has 1 N–H and O–H groups in total. The van der Waals surface area contributed by atoms with Crippen LogP contribution in [0.1, 0.15) is 24.2 Å². The Kier molecular flexibility index (Phi) is 5.33. The number of rotatable bonds is 4. The Hall–Kier alpha value is -3.58. The maximum absolute atomic E-state index is 10.4. The number of methoxy groups -OCH3 is 2. The molecule has 2 heterocycles. The monoisotopic (exact) mass is 506 g/mol. The smallest absolute Gasteiger partial charge is 0.244 e. The second kappa shape index (κ2) is 7.78. The quantitative estimate of drug-likeness (QED) is 0.641. The van der Waals surface area contributed by atoms with E-state index in [1.807, 2.05) is 12.1 Å². The lowest BCUT2D eigenvalue weighted by atomic mass is 9.53. The second-order valence-corrected chi connectivity index (χ2v) is 8.75. The molecule has 33 heavy (non-hydrogen) atoms. The van der Waals surface area contributed by atoms with Crippen molar-refractivity contribution in [2.75, 3.05) is 14.2 Å². The van der Waals surface area contributed by atoms with Gasteiger partial charge in [0.1, 0.15) is 17.6 Å². The van der Waals surface area contributed by atoms with Crippen molar-refractivity contribution in [2.24, 2.45) is 16.7 Å². The van der Waals surface area contributed by atoms with Crippen LogP contribution in [0, 0.1) is 56.2 Å². The summed E-state index contributed by atoms with van der Waals surface area (Å²) in [6, 6.07) is 18.1. The minimum absolute atomic E-state index is 0.466. The van der Waals surface area contributed by atoms with Crippen molar-refractivity contribution in [1.82, 2.24) is 0 Å². The SMILES string of the molecule is COc1ccc(C23OC(=N)C(C#N)(C2C)C(C#N)(C#N)C(c2ccc(OC)c(Br)c2)O3)cc1. The summed E-state index contributed by atoms with van der Waals surface area (Å²) in [4.78, 5) is 0. The Morgan fingerprint density at radius 2 is 1.67 bits per heavy atom. The zero-order valence-corrected chi connectivity index (χ0v) is 19.6. The fourth-order valence-electron chi connectivity index (χ4n) is 4.84. The average Bonchev–Trinajstić information content (AvgIpc) is 3.00. The summed E-state index contributed by atoms with van der Waals surface area (Å²) in [7, 11) is 3.06. The van der Waals surface area contributed by atoms with Crippen LogP contribution in [-0.4, -0.2) is 20.1 Å². The summed E-state index contributed by atoms with van der Waals surface area (Å²) in [5.41, 5.74) is -2.90. The van der Waals surface area contributed by atoms with Gasteiger partial charge in [-0.15, -0.1) is 0 Å². The minimum Gasteiger partial charge on any atom is -0.497 e. The van der Waals surface area contributed by atoms with Crippen molar-refractivity contribution in [1.29, 1.82) is 21.2 Å². The van der Waals surface area contributed by atoms with Crippen LogP contribution < -0.4 is 9.47 Å². The third-order valence-corrected chi connectivity index (χ3v) is 7.26. The van der Waals surface area contributed by atoms with E-state index in [1.165, 1.54) is 7.11 Å². The summed E-state index contributed by atoms with van der Waals surface area (Å²) >= 11 is 3.43. The molecule has 2 aliphatic heterocycles. The molecular weight excluding hydrogens is 488 g/mol. The molecule has 2 aliphatic rings. The molecule has 9 heteroatoms. The Balaban J connectivity index is 2.00. The molecule has 0 aromatic heterocycles. The minimum atomic E-state index is -2.04. The highest BCUT2D eigenvalue weighted by Gasteiger charge is 2.79. The number of hydrogen-bond donors (Lipinski definition) is 1. The third-order valence-electron chi connectivity index (χ3n) is 6.64. The molecule has 0 radical (unpaired) electrons. The van der Waals surface area contributed by atoms with E-state index >= 15 is 0 Å². The van der Waals surface area contributed by atoms with E-state index in [9.17, 15) is 15.8 Å². The molecule has 0 aliphatic carbocycles. The first kappa shape index (κ1) is 22.6. The third kappa shape index (κ3) is 2.72. The normalized spacial score (nSPS) is 29.2. The van der Waals surface area contributed by atoms with Gasteiger partial charge in [-0.05, 0) is 57.9 Å². The van der Waals surface area contributed by atoms with Gasteiger partial charge in [-0.3, -0.25) is 5.41 Å². The van der Waals surface area contributed by atoms with Gasteiger partial charge in [0.15, 0.2) is 5.41 Å². The number of benzene rings is 2. The molecule has 2 fully saturated rings. The maximum Gasteiger partial charge on any atom is 0.244 e. The lowest BCUT2D eigenvalue weighted by Crippen LogP contribution is -2.57. The van der Waals surface area contributed by atoms with E-state index in [0.717, 1.165) is 0 Å². The van der Waals surface area contributed by atoms with Crippen LogP contribution in [-0.2, 0) is 15.3 Å². The number of nitrogens with zero attached hydrogens (tertiary/aromatic N) is 3. The van der Waals surface area contributed by atoms with E-state index in [-0.39, 0.29) is 0 Å². The van der Waals surface area contributed by atoms with E-state index < -0.39 is 34.5 Å². The number of halogens is 1. The summed E-state index contributed by atoms with van der Waals surface area (Å²) < 4.78 is 23.6. The molecule has 2 aromatic rings. The van der Waals surface area contributed by atoms with Gasteiger partial charge >= 0.3 is 0 Å². The number of ether oxygens (including phenoxy) is 4. The van der Waals surface area contributed by atoms with Gasteiger partial charge in [0.2, 0.25) is 17.1 Å². The van der Waals surface area contributed by atoms with Gasteiger partial charge in [0.05, 0.1) is 42.8 Å². The fourth-order valence-corrected chi connectivity index (χ4v) is 5.40. The molecule has 4 rings (SSSR count). The van der Waals surface area contributed by atoms with Gasteiger partial charge in [-0.25, -0.2) is 0 Å². The first-order valence-corrected chi connectivity index (χ1v) is 10.8. The van der Waals surface area contributed by atoms with Gasteiger partial charge < -0.3 is 18.9 Å². The van der Waals surface area contributed by atoms with Gasteiger partial charge in [0.25, 0.3) is 0 Å². The lowest BCUT2D eigenvalue weighted by Gasteiger charge is -2.48. The molecule has 8 nitrogen and oxygen atoms in total. The predicted molar refractivity (Wildman–Crippen MR) is 119 cm³/mol. The largest absolute Gasteiger partial charge is 0.497 e. The Morgan fingerprint density at radius 3 is 2.18 bits per heavy atom. The Bertz CT molecular complexity index is 1250.